The molecule has 1 heterocycles. The molecule has 0 aliphatic carbocycles. The minimum absolute atomic E-state index is 0.0897. The van der Waals surface area contributed by atoms with Gasteiger partial charge in [0.25, 0.3) is 0 Å². The van der Waals surface area contributed by atoms with Crippen LogP contribution in [0.15, 0.2) is 12.1 Å². The Morgan fingerprint density at radius 2 is 1.93 bits per heavy atom. The summed E-state index contributed by atoms with van der Waals surface area (Å²) in [5, 5.41) is 14.2. The molecule has 0 amide bonds. The highest BCUT2D eigenvalue weighted by Gasteiger charge is 2.07. The van der Waals surface area contributed by atoms with Crippen molar-refractivity contribution in [2.75, 3.05) is 0 Å². The summed E-state index contributed by atoms with van der Waals surface area (Å²) in [4.78, 5) is 13.5. The lowest BCUT2D eigenvalue weighted by molar-refractivity contribution is -0.389. The predicted octanol–water partition coefficient (Wildman–Crippen LogP) is 0.346. The van der Waals surface area contributed by atoms with Crippen LogP contribution in [0.4, 0.5) is 5.82 Å². The molecule has 1 aromatic rings. The van der Waals surface area contributed by atoms with Crippen LogP contribution in [-0.4, -0.2) is 18.7 Å². The molecule has 0 bridgehead atoms. The number of aryl methyl sites for hydroxylation is 2. The van der Waals surface area contributed by atoms with Crippen molar-refractivity contribution in [1.82, 2.24) is 4.98 Å². The maximum absolute atomic E-state index is 10.2. The first kappa shape index (κ1) is 13.6. The van der Waals surface area contributed by atoms with Crippen LogP contribution in [0.1, 0.15) is 11.3 Å². The van der Waals surface area contributed by atoms with Gasteiger partial charge in [0.1, 0.15) is 0 Å². The zero-order valence-electron chi connectivity index (χ0n) is 8.17. The number of aromatic nitrogens is 1. The second kappa shape index (κ2) is 6.17. The van der Waals surface area contributed by atoms with Crippen LogP contribution in [0.5, 0.6) is 0 Å². The van der Waals surface area contributed by atoms with Gasteiger partial charge in [-0.25, -0.2) is 0 Å². The Labute approximate surface area is 88.9 Å². The number of hydrogen-bond acceptors (Lipinski definition) is 5. The molecule has 1 unspecified atom stereocenters. The van der Waals surface area contributed by atoms with Crippen LogP contribution in [0, 0.1) is 24.0 Å². The lowest BCUT2D eigenvalue weighted by Gasteiger charge is -1.94. The number of nitro groups is 1. The Morgan fingerprint density at radius 1 is 1.47 bits per heavy atom. The van der Waals surface area contributed by atoms with Gasteiger partial charge in [-0.05, 0) is 28.5 Å². The normalized spacial score (nSPS) is 11.2. The fourth-order valence-electron chi connectivity index (χ4n) is 0.719. The van der Waals surface area contributed by atoms with Crippen LogP contribution in [0.2, 0.25) is 0 Å². The maximum Gasteiger partial charge on any atom is 0.363 e. The van der Waals surface area contributed by atoms with Crippen molar-refractivity contribution >= 4 is 17.1 Å². The number of pyridine rings is 1. The summed E-state index contributed by atoms with van der Waals surface area (Å²) in [5.74, 6) is -0.0897. The molecule has 7 nitrogen and oxygen atoms in total. The summed E-state index contributed by atoms with van der Waals surface area (Å²) in [7, 11) is 0. The minimum Gasteiger partial charge on any atom is -0.760 e. The van der Waals surface area contributed by atoms with E-state index in [0.717, 1.165) is 5.56 Å². The number of hydrogen-bond donors (Lipinski definition) is 1. The summed E-state index contributed by atoms with van der Waals surface area (Å²) in [6.07, 6.45) is 0. The molecular formula is C7H10N3O4S-. The summed E-state index contributed by atoms with van der Waals surface area (Å²) in [6, 6.07) is 3.10. The van der Waals surface area contributed by atoms with E-state index in [0.29, 0.717) is 5.69 Å². The third-order valence-electron chi connectivity index (χ3n) is 1.52. The average Bonchev–Trinajstić information content (AvgIpc) is 2.08. The van der Waals surface area contributed by atoms with E-state index in [2.05, 4.69) is 10.1 Å². The largest absolute Gasteiger partial charge is 0.760 e. The first-order valence-corrected chi connectivity index (χ1v) is 4.90. The summed E-state index contributed by atoms with van der Waals surface area (Å²) in [5.41, 5.74) is 1.68. The molecule has 15 heavy (non-hydrogen) atoms. The van der Waals surface area contributed by atoms with Crippen LogP contribution >= 0.6 is 0 Å². The molecule has 2 N–H and O–H groups in total. The third-order valence-corrected chi connectivity index (χ3v) is 1.52. The van der Waals surface area contributed by atoms with Crippen molar-refractivity contribution in [2.45, 2.75) is 13.8 Å². The molecule has 1 atom stereocenters. The van der Waals surface area contributed by atoms with Gasteiger partial charge in [-0.3, -0.25) is 9.35 Å². The Kier molecular flexibility index (Phi) is 5.60. The molecule has 84 valence electrons. The van der Waals surface area contributed by atoms with Gasteiger partial charge in [0.05, 0.1) is 0 Å². The average molecular weight is 232 g/mol. The Hall–Kier alpha value is -1.38. The van der Waals surface area contributed by atoms with Crippen LogP contribution in [-0.2, 0) is 11.3 Å². The number of rotatable bonds is 1. The van der Waals surface area contributed by atoms with Crippen LogP contribution in [0.25, 0.3) is 0 Å². The highest BCUT2D eigenvalue weighted by molar-refractivity contribution is 7.76. The molecular weight excluding hydrogens is 222 g/mol. The van der Waals surface area contributed by atoms with E-state index in [1.807, 2.05) is 6.92 Å². The summed E-state index contributed by atoms with van der Waals surface area (Å²) >= 11 is -2.36. The fourth-order valence-corrected chi connectivity index (χ4v) is 0.719. The second-order valence-corrected chi connectivity index (χ2v) is 3.11. The van der Waals surface area contributed by atoms with Gasteiger partial charge >= 0.3 is 5.82 Å². The standard InChI is InChI=1S/C7H8N2O2.H3NO2S/c1-5-3-4-7(9(10)11)8-6(5)2;1-4(2)3/h3-4H,1-2H3;1H2,(H,2,3)/p-1. The lowest BCUT2D eigenvalue weighted by atomic mass is 10.2. The molecule has 0 aromatic carbocycles. The van der Waals surface area contributed by atoms with Crippen molar-refractivity contribution in [3.63, 3.8) is 0 Å². The van der Waals surface area contributed by atoms with E-state index in [9.17, 15) is 10.1 Å². The lowest BCUT2D eigenvalue weighted by Crippen LogP contribution is -1.97. The Morgan fingerprint density at radius 3 is 2.27 bits per heavy atom. The van der Waals surface area contributed by atoms with Gasteiger partial charge in [0.15, 0.2) is 5.69 Å². The first-order chi connectivity index (χ1) is 6.84. The number of nitrogens with two attached hydrogens (primary N) is 1. The second-order valence-electron chi connectivity index (χ2n) is 2.59. The molecule has 0 aliphatic heterocycles. The Bertz CT molecular complexity index is 378. The van der Waals surface area contributed by atoms with Crippen LogP contribution in [0.3, 0.4) is 0 Å². The number of nitrogens with zero attached hydrogens (tertiary/aromatic N) is 2. The smallest absolute Gasteiger partial charge is 0.363 e. The quantitative estimate of drug-likeness (QED) is 0.425. The third kappa shape index (κ3) is 5.83. The van der Waals surface area contributed by atoms with Gasteiger partial charge in [-0.15, -0.1) is 0 Å². The first-order valence-electron chi connectivity index (χ1n) is 3.77. The Balaban J connectivity index is 0.000000423. The molecule has 0 saturated heterocycles. The zero-order valence-corrected chi connectivity index (χ0v) is 8.98. The predicted molar refractivity (Wildman–Crippen MR) is 53.5 cm³/mol. The van der Waals surface area contributed by atoms with Gasteiger partial charge in [-0.2, -0.15) is 0 Å². The molecule has 0 aliphatic rings. The molecule has 1 rings (SSSR count). The van der Waals surface area contributed by atoms with E-state index in [1.54, 1.807) is 13.0 Å². The van der Waals surface area contributed by atoms with Gasteiger partial charge in [-0.1, -0.05) is 0 Å². The molecule has 0 saturated carbocycles. The summed E-state index contributed by atoms with van der Waals surface area (Å²) in [6.45, 7) is 3.62. The van der Waals surface area contributed by atoms with Crippen molar-refractivity contribution in [2.24, 2.45) is 5.14 Å². The van der Waals surface area contributed by atoms with Crippen molar-refractivity contribution in [1.29, 1.82) is 0 Å². The highest BCUT2D eigenvalue weighted by Crippen LogP contribution is 2.10. The molecule has 0 spiro atoms. The van der Waals surface area contributed by atoms with Crippen LogP contribution < -0.4 is 5.14 Å². The fraction of sp³-hybridized carbons (Fsp3) is 0.286. The highest BCUT2D eigenvalue weighted by atomic mass is 32.2. The van der Waals surface area contributed by atoms with Gasteiger partial charge < -0.3 is 14.7 Å². The van der Waals surface area contributed by atoms with E-state index >= 15 is 0 Å². The SMILES string of the molecule is Cc1ccc([N+](=O)[O-])nc1C.NS(=O)[O-]. The van der Waals surface area contributed by atoms with E-state index in [-0.39, 0.29) is 5.82 Å². The maximum atomic E-state index is 10.2. The monoisotopic (exact) mass is 232 g/mol. The zero-order chi connectivity index (χ0) is 12.0. The molecule has 0 fully saturated rings. The van der Waals surface area contributed by atoms with Gasteiger partial charge in [0.2, 0.25) is 0 Å². The van der Waals surface area contributed by atoms with Crippen molar-refractivity contribution in [3.8, 4) is 0 Å². The van der Waals surface area contributed by atoms with Crippen molar-refractivity contribution < 1.29 is 13.7 Å². The van der Waals surface area contributed by atoms with E-state index < -0.39 is 16.2 Å². The van der Waals surface area contributed by atoms with E-state index in [1.165, 1.54) is 6.07 Å². The molecule has 0 radical (unpaired) electrons. The topological polar surface area (TPSA) is 122 Å². The summed E-state index contributed by atoms with van der Waals surface area (Å²) < 4.78 is 17.6. The van der Waals surface area contributed by atoms with E-state index in [4.69, 9.17) is 8.76 Å². The molecule has 1 aromatic heterocycles. The van der Waals surface area contributed by atoms with Crippen molar-refractivity contribution in [3.05, 3.63) is 33.5 Å². The minimum atomic E-state index is -2.36. The van der Waals surface area contributed by atoms with Gasteiger partial charge in [0, 0.05) is 24.3 Å². The molecule has 8 heteroatoms.